The quantitative estimate of drug-likeness (QED) is 0.866. The van der Waals surface area contributed by atoms with Gasteiger partial charge >= 0.3 is 6.29 Å². The Morgan fingerprint density at radius 1 is 1.30 bits per heavy atom. The largest absolute Gasteiger partial charge is 0.586 e. The summed E-state index contributed by atoms with van der Waals surface area (Å²) in [6, 6.07) is 4.38. The van der Waals surface area contributed by atoms with Crippen molar-refractivity contribution in [3.05, 3.63) is 23.8 Å². The third-order valence-electron chi connectivity index (χ3n) is 3.58. The van der Waals surface area contributed by atoms with Crippen LogP contribution in [0, 0.1) is 0 Å². The van der Waals surface area contributed by atoms with Gasteiger partial charge < -0.3 is 19.9 Å². The van der Waals surface area contributed by atoms with Gasteiger partial charge in [-0.25, -0.2) is 0 Å². The highest BCUT2D eigenvalue weighted by Crippen LogP contribution is 2.45. The standard InChI is InChI=1S/C13H16F2N2O3/c14-13(15)19-11-3-1-2-9(12(11)20-13)10(8-18)17-6-4-16-5-7-17/h1-3,10,16,18H,4-8H2/t10-/m1/s1. The summed E-state index contributed by atoms with van der Waals surface area (Å²) in [5.74, 6) is 0.0381. The van der Waals surface area contributed by atoms with Crippen molar-refractivity contribution in [3.63, 3.8) is 0 Å². The lowest BCUT2D eigenvalue weighted by Crippen LogP contribution is -2.46. The van der Waals surface area contributed by atoms with Crippen LogP contribution in [0.3, 0.4) is 0 Å². The van der Waals surface area contributed by atoms with Crippen molar-refractivity contribution in [3.8, 4) is 11.5 Å². The highest BCUT2D eigenvalue weighted by molar-refractivity contribution is 5.50. The van der Waals surface area contributed by atoms with Gasteiger partial charge in [0.1, 0.15) is 0 Å². The first-order chi connectivity index (χ1) is 9.61. The Kier molecular flexibility index (Phi) is 3.49. The van der Waals surface area contributed by atoms with Gasteiger partial charge in [-0.1, -0.05) is 12.1 Å². The van der Waals surface area contributed by atoms with Crippen LogP contribution >= 0.6 is 0 Å². The molecule has 5 nitrogen and oxygen atoms in total. The van der Waals surface area contributed by atoms with Crippen molar-refractivity contribution in [2.45, 2.75) is 12.3 Å². The van der Waals surface area contributed by atoms with Crippen LogP contribution < -0.4 is 14.8 Å². The number of benzene rings is 1. The van der Waals surface area contributed by atoms with Crippen LogP contribution in [0.25, 0.3) is 0 Å². The lowest BCUT2D eigenvalue weighted by atomic mass is 10.0. The first kappa shape index (κ1) is 13.5. The van der Waals surface area contributed by atoms with Gasteiger partial charge in [0.15, 0.2) is 11.5 Å². The van der Waals surface area contributed by atoms with E-state index >= 15 is 0 Å². The molecule has 0 aromatic heterocycles. The van der Waals surface area contributed by atoms with Crippen LogP contribution in [0.4, 0.5) is 8.78 Å². The van der Waals surface area contributed by atoms with E-state index < -0.39 is 6.29 Å². The molecule has 0 spiro atoms. The predicted octanol–water partition coefficient (Wildman–Crippen LogP) is 0.947. The molecule has 7 heteroatoms. The maximum atomic E-state index is 13.2. The Hall–Kier alpha value is -1.44. The van der Waals surface area contributed by atoms with Gasteiger partial charge in [-0.2, -0.15) is 0 Å². The van der Waals surface area contributed by atoms with Crippen LogP contribution in [0.2, 0.25) is 0 Å². The monoisotopic (exact) mass is 286 g/mol. The van der Waals surface area contributed by atoms with Gasteiger partial charge in [0, 0.05) is 31.7 Å². The molecule has 2 aliphatic rings. The molecule has 2 N–H and O–H groups in total. The Morgan fingerprint density at radius 3 is 2.75 bits per heavy atom. The molecule has 0 bridgehead atoms. The second-order valence-corrected chi connectivity index (χ2v) is 4.83. The third-order valence-corrected chi connectivity index (χ3v) is 3.58. The Morgan fingerprint density at radius 2 is 2.05 bits per heavy atom. The van der Waals surface area contributed by atoms with Crippen molar-refractivity contribution in [2.24, 2.45) is 0 Å². The molecule has 1 aromatic carbocycles. The van der Waals surface area contributed by atoms with Crippen LogP contribution in [-0.4, -0.2) is 49.1 Å². The first-order valence-electron chi connectivity index (χ1n) is 6.55. The van der Waals surface area contributed by atoms with E-state index in [4.69, 9.17) is 0 Å². The molecule has 0 radical (unpaired) electrons. The molecule has 20 heavy (non-hydrogen) atoms. The normalized spacial score (nSPS) is 22.8. The number of hydrogen-bond acceptors (Lipinski definition) is 5. The molecule has 2 heterocycles. The van der Waals surface area contributed by atoms with Crippen molar-refractivity contribution < 1.29 is 23.4 Å². The maximum Gasteiger partial charge on any atom is 0.586 e. The number of nitrogens with one attached hydrogen (secondary N) is 1. The number of nitrogens with zero attached hydrogens (tertiary/aromatic N) is 1. The summed E-state index contributed by atoms with van der Waals surface area (Å²) in [4.78, 5) is 2.05. The van der Waals surface area contributed by atoms with Gasteiger partial charge in [-0.15, -0.1) is 8.78 Å². The van der Waals surface area contributed by atoms with Crippen LogP contribution in [0.1, 0.15) is 11.6 Å². The number of aliphatic hydroxyl groups excluding tert-OH is 1. The molecule has 1 aromatic rings. The van der Waals surface area contributed by atoms with Crippen LogP contribution in [-0.2, 0) is 0 Å². The van der Waals surface area contributed by atoms with Crippen LogP contribution in [0.15, 0.2) is 18.2 Å². The summed E-state index contributed by atoms with van der Waals surface area (Å²) in [5.41, 5.74) is 0.532. The van der Waals surface area contributed by atoms with E-state index in [9.17, 15) is 13.9 Å². The lowest BCUT2D eigenvalue weighted by molar-refractivity contribution is -0.287. The average molecular weight is 286 g/mol. The summed E-state index contributed by atoms with van der Waals surface area (Å²) in [7, 11) is 0. The van der Waals surface area contributed by atoms with Crippen molar-refractivity contribution in [2.75, 3.05) is 32.8 Å². The van der Waals surface area contributed by atoms with Crippen molar-refractivity contribution >= 4 is 0 Å². The smallest absolute Gasteiger partial charge is 0.395 e. The zero-order valence-electron chi connectivity index (χ0n) is 10.8. The molecule has 0 aliphatic carbocycles. The molecule has 3 rings (SSSR count). The van der Waals surface area contributed by atoms with E-state index in [0.29, 0.717) is 5.56 Å². The summed E-state index contributed by atoms with van der Waals surface area (Å²) < 4.78 is 35.4. The molecule has 1 atom stereocenters. The zero-order valence-corrected chi connectivity index (χ0v) is 10.8. The summed E-state index contributed by atoms with van der Waals surface area (Å²) in [6.45, 7) is 2.93. The lowest BCUT2D eigenvalue weighted by Gasteiger charge is -2.34. The van der Waals surface area contributed by atoms with Crippen LogP contribution in [0.5, 0.6) is 11.5 Å². The van der Waals surface area contributed by atoms with E-state index in [-0.39, 0.29) is 24.1 Å². The molecule has 2 aliphatic heterocycles. The summed E-state index contributed by atoms with van der Waals surface area (Å²) in [5, 5.41) is 12.9. The number of alkyl halides is 2. The second-order valence-electron chi connectivity index (χ2n) is 4.83. The fraction of sp³-hybridized carbons (Fsp3) is 0.538. The Balaban J connectivity index is 1.91. The number of ether oxygens (including phenoxy) is 2. The third kappa shape index (κ3) is 2.44. The van der Waals surface area contributed by atoms with E-state index in [2.05, 4.69) is 14.8 Å². The fourth-order valence-corrected chi connectivity index (χ4v) is 2.66. The first-order valence-corrected chi connectivity index (χ1v) is 6.55. The number of aliphatic hydroxyl groups is 1. The minimum Gasteiger partial charge on any atom is -0.395 e. The maximum absolute atomic E-state index is 13.2. The van der Waals surface area contributed by atoms with Gasteiger partial charge in [0.25, 0.3) is 0 Å². The molecule has 0 unspecified atom stereocenters. The van der Waals surface area contributed by atoms with Crippen molar-refractivity contribution in [1.82, 2.24) is 10.2 Å². The van der Waals surface area contributed by atoms with Gasteiger partial charge in [-0.05, 0) is 6.07 Å². The number of rotatable bonds is 3. The molecular weight excluding hydrogens is 270 g/mol. The van der Waals surface area contributed by atoms with Gasteiger partial charge in [0.2, 0.25) is 0 Å². The average Bonchev–Trinajstić information content (AvgIpc) is 2.75. The topological polar surface area (TPSA) is 54.0 Å². The number of fused-ring (bicyclic) bond motifs is 1. The van der Waals surface area contributed by atoms with Crippen molar-refractivity contribution in [1.29, 1.82) is 0 Å². The highest BCUT2D eigenvalue weighted by Gasteiger charge is 2.45. The minimum atomic E-state index is -3.64. The fourth-order valence-electron chi connectivity index (χ4n) is 2.66. The van der Waals surface area contributed by atoms with Gasteiger partial charge in [0.05, 0.1) is 12.6 Å². The number of halogens is 2. The minimum absolute atomic E-state index is 0.0149. The summed E-state index contributed by atoms with van der Waals surface area (Å²) in [6.07, 6.45) is -3.64. The molecule has 0 saturated carbocycles. The van der Waals surface area contributed by atoms with E-state index in [1.54, 1.807) is 12.1 Å². The molecule has 1 fully saturated rings. The summed E-state index contributed by atoms with van der Waals surface area (Å²) >= 11 is 0. The molecule has 1 saturated heterocycles. The highest BCUT2D eigenvalue weighted by atomic mass is 19.3. The number of para-hydroxylation sites is 1. The van der Waals surface area contributed by atoms with E-state index in [1.807, 2.05) is 4.90 Å². The Bertz CT molecular complexity index is 493. The molecular formula is C13H16F2N2O3. The number of hydrogen-bond donors (Lipinski definition) is 2. The van der Waals surface area contributed by atoms with Gasteiger partial charge in [-0.3, -0.25) is 4.90 Å². The molecule has 110 valence electrons. The predicted molar refractivity (Wildman–Crippen MR) is 66.9 cm³/mol. The SMILES string of the molecule is OC[C@H](c1cccc2c1OC(F)(F)O2)N1CCNCC1. The second kappa shape index (κ2) is 5.16. The number of piperazine rings is 1. The zero-order chi connectivity index (χ0) is 14.2. The van der Waals surface area contributed by atoms with E-state index in [0.717, 1.165) is 26.2 Å². The Labute approximate surface area is 115 Å². The molecule has 0 amide bonds. The van der Waals surface area contributed by atoms with E-state index in [1.165, 1.54) is 6.07 Å².